The van der Waals surface area contributed by atoms with Crippen molar-refractivity contribution < 1.29 is 4.74 Å². The Morgan fingerprint density at radius 2 is 1.92 bits per heavy atom. The van der Waals surface area contributed by atoms with Crippen molar-refractivity contribution in [2.24, 2.45) is 0 Å². The average molecular weight is 170 g/mol. The summed E-state index contributed by atoms with van der Waals surface area (Å²) in [5, 5.41) is 3.37. The third kappa shape index (κ3) is 1.63. The summed E-state index contributed by atoms with van der Waals surface area (Å²) < 4.78 is 5.26. The minimum absolute atomic E-state index is 0.546. The molecule has 0 spiro atoms. The molecular weight excluding hydrogens is 152 g/mol. The second kappa shape index (κ2) is 3.73. The van der Waals surface area contributed by atoms with E-state index in [0.29, 0.717) is 6.10 Å². The van der Waals surface area contributed by atoms with Crippen LogP contribution in [0.3, 0.4) is 0 Å². The molecule has 2 fully saturated rings. The lowest BCUT2D eigenvalue weighted by molar-refractivity contribution is -0.0301. The smallest absolute Gasteiger partial charge is 0.0601 e. The van der Waals surface area contributed by atoms with Crippen molar-refractivity contribution in [2.45, 2.75) is 25.0 Å². The summed E-state index contributed by atoms with van der Waals surface area (Å²) in [6.45, 7) is 4.77. The maximum atomic E-state index is 5.26. The zero-order valence-electron chi connectivity index (χ0n) is 7.75. The third-order valence-electron chi connectivity index (χ3n) is 3.07. The zero-order valence-corrected chi connectivity index (χ0v) is 7.75. The normalized spacial score (nSPS) is 37.8. The summed E-state index contributed by atoms with van der Waals surface area (Å²) in [6.07, 6.45) is 3.04. The lowest BCUT2D eigenvalue weighted by Gasteiger charge is -2.43. The standard InChI is InChI=1S/C9H18N2O/c1-12-9-6-8(7-9)11-4-2-10-3-5-11/h8-10H,2-7H2,1H3. The first-order valence-corrected chi connectivity index (χ1v) is 4.87. The first-order chi connectivity index (χ1) is 5.90. The minimum Gasteiger partial charge on any atom is -0.381 e. The van der Waals surface area contributed by atoms with Crippen molar-refractivity contribution in [3.8, 4) is 0 Å². The number of ether oxygens (including phenoxy) is 1. The SMILES string of the molecule is COC1CC(N2CCNCC2)C1. The molecule has 1 saturated carbocycles. The van der Waals surface area contributed by atoms with Crippen LogP contribution < -0.4 is 5.32 Å². The Hall–Kier alpha value is -0.120. The van der Waals surface area contributed by atoms with E-state index >= 15 is 0 Å². The van der Waals surface area contributed by atoms with Crippen molar-refractivity contribution in [1.29, 1.82) is 0 Å². The molecular formula is C9H18N2O. The lowest BCUT2D eigenvalue weighted by atomic mass is 9.87. The summed E-state index contributed by atoms with van der Waals surface area (Å²) in [7, 11) is 1.82. The number of piperazine rings is 1. The highest BCUT2D eigenvalue weighted by atomic mass is 16.5. The van der Waals surface area contributed by atoms with E-state index in [1.54, 1.807) is 0 Å². The second-order valence-electron chi connectivity index (χ2n) is 3.77. The molecule has 70 valence electrons. The number of rotatable bonds is 2. The van der Waals surface area contributed by atoms with Gasteiger partial charge in [0.25, 0.3) is 0 Å². The Bertz CT molecular complexity index is 139. The minimum atomic E-state index is 0.546. The van der Waals surface area contributed by atoms with Gasteiger partial charge in [0, 0.05) is 39.3 Å². The highest BCUT2D eigenvalue weighted by Gasteiger charge is 2.33. The molecule has 12 heavy (non-hydrogen) atoms. The maximum absolute atomic E-state index is 5.26. The Kier molecular flexibility index (Phi) is 2.63. The predicted octanol–water partition coefficient (Wildman–Crippen LogP) is 0.0690. The van der Waals surface area contributed by atoms with Gasteiger partial charge in [0.05, 0.1) is 6.10 Å². The molecule has 0 aromatic heterocycles. The van der Waals surface area contributed by atoms with Gasteiger partial charge >= 0.3 is 0 Å². The van der Waals surface area contributed by atoms with Crippen LogP contribution in [0.5, 0.6) is 0 Å². The van der Waals surface area contributed by atoms with E-state index < -0.39 is 0 Å². The van der Waals surface area contributed by atoms with Crippen molar-refractivity contribution in [3.05, 3.63) is 0 Å². The van der Waals surface area contributed by atoms with Crippen LogP contribution in [0.4, 0.5) is 0 Å². The van der Waals surface area contributed by atoms with E-state index in [1.165, 1.54) is 25.9 Å². The molecule has 0 radical (unpaired) electrons. The fourth-order valence-electron chi connectivity index (χ4n) is 2.08. The lowest BCUT2D eigenvalue weighted by Crippen LogP contribution is -2.54. The van der Waals surface area contributed by atoms with Gasteiger partial charge in [-0.3, -0.25) is 4.90 Å². The second-order valence-corrected chi connectivity index (χ2v) is 3.77. The molecule has 0 aromatic carbocycles. The molecule has 1 aliphatic heterocycles. The van der Waals surface area contributed by atoms with Gasteiger partial charge in [-0.25, -0.2) is 0 Å². The fraction of sp³-hybridized carbons (Fsp3) is 1.00. The van der Waals surface area contributed by atoms with Gasteiger partial charge in [0.2, 0.25) is 0 Å². The number of nitrogens with zero attached hydrogens (tertiary/aromatic N) is 1. The summed E-state index contributed by atoms with van der Waals surface area (Å²) in [5.74, 6) is 0. The monoisotopic (exact) mass is 170 g/mol. The fourth-order valence-corrected chi connectivity index (χ4v) is 2.08. The van der Waals surface area contributed by atoms with Crippen LogP contribution in [0.2, 0.25) is 0 Å². The Balaban J connectivity index is 1.72. The van der Waals surface area contributed by atoms with Gasteiger partial charge < -0.3 is 10.1 Å². The van der Waals surface area contributed by atoms with Crippen molar-refractivity contribution in [1.82, 2.24) is 10.2 Å². The molecule has 1 heterocycles. The molecule has 1 saturated heterocycles. The van der Waals surface area contributed by atoms with E-state index in [2.05, 4.69) is 10.2 Å². The van der Waals surface area contributed by atoms with E-state index in [0.717, 1.165) is 19.1 Å². The molecule has 0 aromatic rings. The summed E-state index contributed by atoms with van der Waals surface area (Å²) in [4.78, 5) is 2.59. The highest BCUT2D eigenvalue weighted by molar-refractivity contribution is 4.89. The molecule has 2 rings (SSSR count). The Morgan fingerprint density at radius 1 is 1.25 bits per heavy atom. The average Bonchev–Trinajstić information content (AvgIpc) is 2.04. The van der Waals surface area contributed by atoms with Crippen molar-refractivity contribution in [2.75, 3.05) is 33.3 Å². The highest BCUT2D eigenvalue weighted by Crippen LogP contribution is 2.27. The van der Waals surface area contributed by atoms with Gasteiger partial charge in [0.15, 0.2) is 0 Å². The first-order valence-electron chi connectivity index (χ1n) is 4.87. The largest absolute Gasteiger partial charge is 0.381 e. The van der Waals surface area contributed by atoms with Crippen molar-refractivity contribution in [3.63, 3.8) is 0 Å². The van der Waals surface area contributed by atoms with E-state index in [4.69, 9.17) is 4.74 Å². The molecule has 1 N–H and O–H groups in total. The van der Waals surface area contributed by atoms with Gasteiger partial charge in [-0.2, -0.15) is 0 Å². The van der Waals surface area contributed by atoms with Crippen LogP contribution in [-0.4, -0.2) is 50.3 Å². The topological polar surface area (TPSA) is 24.5 Å². The predicted molar refractivity (Wildman–Crippen MR) is 48.3 cm³/mol. The molecule has 0 bridgehead atoms. The quantitative estimate of drug-likeness (QED) is 0.634. The van der Waals surface area contributed by atoms with Gasteiger partial charge in [-0.05, 0) is 12.8 Å². The van der Waals surface area contributed by atoms with Crippen LogP contribution in [-0.2, 0) is 4.74 Å². The molecule has 3 heteroatoms. The molecule has 0 unspecified atom stereocenters. The van der Waals surface area contributed by atoms with Crippen LogP contribution in [0.15, 0.2) is 0 Å². The van der Waals surface area contributed by atoms with Crippen LogP contribution in [0.1, 0.15) is 12.8 Å². The molecule has 1 aliphatic carbocycles. The number of nitrogens with one attached hydrogen (secondary N) is 1. The number of hydrogen-bond donors (Lipinski definition) is 1. The van der Waals surface area contributed by atoms with E-state index in [1.807, 2.05) is 7.11 Å². The zero-order chi connectivity index (χ0) is 8.39. The Labute approximate surface area is 74.1 Å². The molecule has 0 atom stereocenters. The van der Waals surface area contributed by atoms with Gasteiger partial charge in [-0.15, -0.1) is 0 Å². The van der Waals surface area contributed by atoms with E-state index in [-0.39, 0.29) is 0 Å². The summed E-state index contributed by atoms with van der Waals surface area (Å²) in [5.41, 5.74) is 0. The summed E-state index contributed by atoms with van der Waals surface area (Å²) in [6, 6.07) is 0.817. The van der Waals surface area contributed by atoms with Gasteiger partial charge in [0.1, 0.15) is 0 Å². The molecule has 3 nitrogen and oxygen atoms in total. The number of hydrogen-bond acceptors (Lipinski definition) is 3. The molecule has 2 aliphatic rings. The third-order valence-corrected chi connectivity index (χ3v) is 3.07. The van der Waals surface area contributed by atoms with Crippen LogP contribution in [0, 0.1) is 0 Å². The van der Waals surface area contributed by atoms with E-state index in [9.17, 15) is 0 Å². The van der Waals surface area contributed by atoms with Gasteiger partial charge in [-0.1, -0.05) is 0 Å². The maximum Gasteiger partial charge on any atom is 0.0601 e. The first kappa shape index (κ1) is 8.48. The number of methoxy groups -OCH3 is 1. The van der Waals surface area contributed by atoms with Crippen LogP contribution >= 0.6 is 0 Å². The molecule has 0 amide bonds. The van der Waals surface area contributed by atoms with Crippen LogP contribution in [0.25, 0.3) is 0 Å². The van der Waals surface area contributed by atoms with Crippen molar-refractivity contribution >= 4 is 0 Å². The summed E-state index contributed by atoms with van der Waals surface area (Å²) >= 11 is 0. The Morgan fingerprint density at radius 3 is 2.50 bits per heavy atom.